The van der Waals surface area contributed by atoms with Crippen LogP contribution in [0.25, 0.3) is 16.8 Å². The summed E-state index contributed by atoms with van der Waals surface area (Å²) in [5, 5.41) is 13.8. The first-order chi connectivity index (χ1) is 9.77. The van der Waals surface area contributed by atoms with Gasteiger partial charge in [0.05, 0.1) is 0 Å². The van der Waals surface area contributed by atoms with Gasteiger partial charge in [-0.25, -0.2) is 0 Å². The molecule has 1 fully saturated rings. The molecule has 142 valence electrons. The number of carbonyl (C=O) groups is 2. The van der Waals surface area contributed by atoms with E-state index in [1.54, 1.807) is 12.3 Å². The van der Waals surface area contributed by atoms with Crippen LogP contribution in [0.2, 0.25) is 0 Å². The zero-order valence-electron chi connectivity index (χ0n) is 15.2. The predicted octanol–water partition coefficient (Wildman–Crippen LogP) is -1.22. The fraction of sp³-hybridized carbons (Fsp3) is 0.571. The van der Waals surface area contributed by atoms with E-state index in [1.807, 2.05) is 6.08 Å². The van der Waals surface area contributed by atoms with Gasteiger partial charge >= 0.3 is 54.6 Å². The molecule has 26 heavy (non-hydrogen) atoms. The van der Waals surface area contributed by atoms with Crippen molar-refractivity contribution in [1.29, 1.82) is 0 Å². The summed E-state index contributed by atoms with van der Waals surface area (Å²) in [7, 11) is 0. The topological polar surface area (TPSA) is 219 Å². The zero-order valence-corrected chi connectivity index (χ0v) is 23.3. The van der Waals surface area contributed by atoms with Crippen molar-refractivity contribution in [3.63, 3.8) is 0 Å². The fourth-order valence-electron chi connectivity index (χ4n) is 2.18. The molecule has 0 radical (unpaired) electrons. The van der Waals surface area contributed by atoms with Crippen molar-refractivity contribution in [2.75, 3.05) is 32.7 Å². The van der Waals surface area contributed by atoms with Gasteiger partial charge < -0.3 is 43.8 Å². The number of hydrogen-bond donors (Lipinski definition) is 2. The van der Waals surface area contributed by atoms with Crippen LogP contribution in [0.15, 0.2) is 23.9 Å². The van der Waals surface area contributed by atoms with E-state index in [1.165, 1.54) is 0 Å². The van der Waals surface area contributed by atoms with Crippen molar-refractivity contribution >= 4 is 11.8 Å². The molecule has 12 heteroatoms. The average Bonchev–Trinajstić information content (AvgIpc) is 2.53. The molecule has 0 spiro atoms. The molecule has 1 atom stereocenters. The quantitative estimate of drug-likeness (QED) is 0.234. The summed E-state index contributed by atoms with van der Waals surface area (Å²) < 4.78 is 0. The summed E-state index contributed by atoms with van der Waals surface area (Å²) in [6, 6.07) is 0. The molecule has 13 N–H and O–H groups in total. The Hall–Kier alpha value is -0.136. The molecule has 0 aliphatic carbocycles. The standard InChI is InChI=1S/C14H21N4O2.2Cd.H2N.3H2O/c19-13(11-3-1-5-15-9-11)17-7-8-18-14(20)12-4-2-6-16-10-12;;;;;;/h1,3,9,12H,2,4-8,10H2,(H3,15,17,18,19,20);;;4*1H2/q-1;2*+2;-1;;;/p+2. The first kappa shape index (κ1) is 36.7. The third-order valence-electron chi connectivity index (χ3n) is 3.30. The van der Waals surface area contributed by atoms with Crippen molar-refractivity contribution < 1.29 is 80.6 Å². The first-order valence-corrected chi connectivity index (χ1v) is 7.00. The number of nitrogens with two attached hydrogens (primary N) is 1. The van der Waals surface area contributed by atoms with Gasteiger partial charge in [0, 0.05) is 24.6 Å². The molecule has 2 heterocycles. The van der Waals surface area contributed by atoms with Crippen LogP contribution in [0.3, 0.4) is 0 Å². The van der Waals surface area contributed by atoms with E-state index in [-0.39, 0.29) is 94.9 Å². The smallest absolute Gasteiger partial charge is 0.693 e. The molecule has 2 rings (SSSR count). The molecule has 2 amide bonds. The fourth-order valence-corrected chi connectivity index (χ4v) is 2.18. The maximum absolute atomic E-state index is 11.8. The molecular formula is C14H31Cd2N5O5+4. The molecule has 0 saturated carbocycles. The summed E-state index contributed by atoms with van der Waals surface area (Å²) in [5.74, 6) is -0.122. The molecule has 0 aromatic carbocycles. The minimum absolute atomic E-state index is 0. The largest absolute Gasteiger partial charge is 2.00 e. The number of hydrogen-bond acceptors (Lipinski definition) is 2. The summed E-state index contributed by atoms with van der Waals surface area (Å²) in [4.78, 5) is 23.5. The van der Waals surface area contributed by atoms with Gasteiger partial charge in [-0.2, -0.15) is 6.20 Å². The van der Waals surface area contributed by atoms with Crippen LogP contribution in [0.1, 0.15) is 12.8 Å². The van der Waals surface area contributed by atoms with Crippen molar-refractivity contribution in [2.24, 2.45) is 5.92 Å². The van der Waals surface area contributed by atoms with Crippen LogP contribution in [0, 0.1) is 5.92 Å². The first-order valence-electron chi connectivity index (χ1n) is 7.00. The monoisotopic (exact) mass is 577 g/mol. The van der Waals surface area contributed by atoms with Gasteiger partial charge in [0.15, 0.2) is 0 Å². The van der Waals surface area contributed by atoms with Gasteiger partial charge in [-0.05, 0) is 6.42 Å². The molecular weight excluding hydrogens is 543 g/mol. The minimum Gasteiger partial charge on any atom is -0.693 e. The van der Waals surface area contributed by atoms with Gasteiger partial charge in [-0.3, -0.25) is 9.59 Å². The van der Waals surface area contributed by atoms with E-state index < -0.39 is 0 Å². The van der Waals surface area contributed by atoms with Crippen LogP contribution in [-0.2, 0) is 80.6 Å². The van der Waals surface area contributed by atoms with Gasteiger partial charge in [-0.1, -0.05) is 12.5 Å². The van der Waals surface area contributed by atoms with Crippen LogP contribution in [-0.4, -0.2) is 44.5 Å². The second-order valence-electron chi connectivity index (χ2n) is 4.87. The molecule has 1 saturated heterocycles. The van der Waals surface area contributed by atoms with E-state index in [0.717, 1.165) is 19.4 Å². The Bertz CT molecular complexity index is 432. The van der Waals surface area contributed by atoms with Crippen molar-refractivity contribution in [2.45, 2.75) is 12.8 Å². The number of piperidine rings is 1. The van der Waals surface area contributed by atoms with Crippen LogP contribution in [0.4, 0.5) is 0 Å². The van der Waals surface area contributed by atoms with Crippen molar-refractivity contribution in [1.82, 2.24) is 10.6 Å². The Morgan fingerprint density at radius 2 is 1.77 bits per heavy atom. The van der Waals surface area contributed by atoms with Crippen molar-refractivity contribution in [3.8, 4) is 0 Å². The van der Waals surface area contributed by atoms with E-state index in [2.05, 4.69) is 21.3 Å². The van der Waals surface area contributed by atoms with E-state index >= 15 is 0 Å². The van der Waals surface area contributed by atoms with E-state index in [0.29, 0.717) is 31.8 Å². The van der Waals surface area contributed by atoms with E-state index in [9.17, 15) is 9.59 Å². The summed E-state index contributed by atoms with van der Waals surface area (Å²) >= 11 is 0. The number of carbonyl (C=O) groups excluding carboxylic acids is 2. The van der Waals surface area contributed by atoms with Crippen molar-refractivity contribution in [3.05, 3.63) is 40.7 Å². The summed E-state index contributed by atoms with van der Waals surface area (Å²) in [6.45, 7) is 2.97. The normalized spacial score (nSPS) is 16.6. The molecule has 2 aliphatic rings. The Kier molecular flexibility index (Phi) is 29.9. The SMILES string of the molecule is O=C(NCCNC(=O)C1CCC[N-]C1)C1=C[N-]CC=C1.[Cd+2].[Cd+2].[NH2-].[OH3+].[OH3+].[OH3+]. The maximum Gasteiger partial charge on any atom is 2.00 e. The van der Waals surface area contributed by atoms with Crippen LogP contribution < -0.4 is 10.6 Å². The Labute approximate surface area is 194 Å². The van der Waals surface area contributed by atoms with Gasteiger partial charge in [-0.15, -0.1) is 25.7 Å². The van der Waals surface area contributed by atoms with Crippen LogP contribution in [0.5, 0.6) is 0 Å². The number of rotatable bonds is 5. The molecule has 0 aromatic rings. The molecule has 0 aromatic heterocycles. The van der Waals surface area contributed by atoms with Crippen LogP contribution >= 0.6 is 0 Å². The third-order valence-corrected chi connectivity index (χ3v) is 3.30. The molecule has 10 nitrogen and oxygen atoms in total. The van der Waals surface area contributed by atoms with Gasteiger partial charge in [0.25, 0.3) is 0 Å². The number of nitrogens with zero attached hydrogens (tertiary/aromatic N) is 2. The molecule has 0 bridgehead atoms. The van der Waals surface area contributed by atoms with E-state index in [4.69, 9.17) is 0 Å². The van der Waals surface area contributed by atoms with Gasteiger partial charge in [0.1, 0.15) is 0 Å². The molecule has 2 aliphatic heterocycles. The second-order valence-corrected chi connectivity index (χ2v) is 4.87. The third kappa shape index (κ3) is 13.1. The summed E-state index contributed by atoms with van der Waals surface area (Å²) in [6.07, 6.45) is 7.05. The predicted molar refractivity (Wildman–Crippen MR) is 97.2 cm³/mol. The minimum atomic E-state index is -0.161. The zero-order chi connectivity index (χ0) is 14.2. The second kappa shape index (κ2) is 21.2. The Balaban J connectivity index is -0.000000245. The number of amides is 2. The molecule has 1 unspecified atom stereocenters. The average molecular weight is 574 g/mol. The maximum atomic E-state index is 11.8. The Morgan fingerprint density at radius 1 is 1.12 bits per heavy atom. The van der Waals surface area contributed by atoms with Gasteiger partial charge in [0.2, 0.25) is 11.8 Å². The summed E-state index contributed by atoms with van der Waals surface area (Å²) in [5.41, 5.74) is 0.550. The number of nitrogens with one attached hydrogen (secondary N) is 2. The Morgan fingerprint density at radius 3 is 2.31 bits per heavy atom.